The van der Waals surface area contributed by atoms with Crippen molar-refractivity contribution in [3.63, 3.8) is 0 Å². The zero-order valence-corrected chi connectivity index (χ0v) is 14.5. The van der Waals surface area contributed by atoms with Crippen LogP contribution in [0.3, 0.4) is 0 Å². The van der Waals surface area contributed by atoms with Crippen molar-refractivity contribution in [3.05, 3.63) is 69.0 Å². The van der Waals surface area contributed by atoms with Gasteiger partial charge in [-0.05, 0) is 43.3 Å². The molecule has 24 heavy (non-hydrogen) atoms. The predicted octanol–water partition coefficient (Wildman–Crippen LogP) is 4.60. The Bertz CT molecular complexity index is 926. The molecular formula is C16H13ClN4O2S. The highest BCUT2D eigenvalue weighted by atomic mass is 35.5. The van der Waals surface area contributed by atoms with E-state index in [1.807, 2.05) is 42.7 Å². The highest BCUT2D eigenvalue weighted by Gasteiger charge is 2.16. The molecule has 0 amide bonds. The van der Waals surface area contributed by atoms with Gasteiger partial charge in [0, 0.05) is 17.0 Å². The van der Waals surface area contributed by atoms with Gasteiger partial charge in [-0.1, -0.05) is 29.8 Å². The molecule has 0 unspecified atom stereocenters. The minimum absolute atomic E-state index is 0.0408. The summed E-state index contributed by atoms with van der Waals surface area (Å²) in [5.74, 6) is 0.754. The van der Waals surface area contributed by atoms with E-state index in [0.29, 0.717) is 15.1 Å². The monoisotopic (exact) mass is 360 g/mol. The molecule has 0 bridgehead atoms. The Labute approximate surface area is 147 Å². The molecule has 122 valence electrons. The third-order valence-electron chi connectivity index (χ3n) is 3.48. The van der Waals surface area contributed by atoms with Gasteiger partial charge in [-0.2, -0.15) is 0 Å². The van der Waals surface area contributed by atoms with Crippen LogP contribution in [0.5, 0.6) is 0 Å². The van der Waals surface area contributed by atoms with E-state index >= 15 is 0 Å². The Morgan fingerprint density at radius 2 is 1.92 bits per heavy atom. The first-order chi connectivity index (χ1) is 11.5. The van der Waals surface area contributed by atoms with Gasteiger partial charge in [0.1, 0.15) is 5.82 Å². The van der Waals surface area contributed by atoms with Crippen molar-refractivity contribution in [1.29, 1.82) is 0 Å². The number of hydrogen-bond donors (Lipinski definition) is 0. The summed E-state index contributed by atoms with van der Waals surface area (Å²) >= 11 is 7.50. The Balaban J connectivity index is 2.01. The molecule has 0 atom stereocenters. The number of aryl methyl sites for hydroxylation is 2. The summed E-state index contributed by atoms with van der Waals surface area (Å²) < 4.78 is 1.94. The van der Waals surface area contributed by atoms with E-state index in [-0.39, 0.29) is 5.69 Å². The Hall–Kier alpha value is -2.38. The van der Waals surface area contributed by atoms with Gasteiger partial charge in [-0.15, -0.1) is 10.2 Å². The Morgan fingerprint density at radius 1 is 1.17 bits per heavy atom. The number of nitro benzene ring substituents is 1. The van der Waals surface area contributed by atoms with E-state index in [0.717, 1.165) is 17.1 Å². The number of hydrogen-bond acceptors (Lipinski definition) is 5. The lowest BCUT2D eigenvalue weighted by Crippen LogP contribution is -2.01. The minimum Gasteiger partial charge on any atom is -0.274 e. The average molecular weight is 361 g/mol. The SMILES string of the molecule is Cc1ccccc1-n1c(C)nnc1Sc1ccc([N+](=O)[O-])cc1Cl. The van der Waals surface area contributed by atoms with Crippen LogP contribution in [0.15, 0.2) is 52.5 Å². The van der Waals surface area contributed by atoms with Crippen molar-refractivity contribution >= 4 is 29.1 Å². The van der Waals surface area contributed by atoms with E-state index in [4.69, 9.17) is 11.6 Å². The second kappa shape index (κ2) is 6.62. The minimum atomic E-state index is -0.472. The van der Waals surface area contributed by atoms with Gasteiger partial charge in [0.15, 0.2) is 0 Å². The molecule has 0 saturated carbocycles. The van der Waals surface area contributed by atoms with Crippen molar-refractivity contribution in [2.75, 3.05) is 0 Å². The fraction of sp³-hybridized carbons (Fsp3) is 0.125. The van der Waals surface area contributed by atoms with Crippen LogP contribution in [-0.4, -0.2) is 19.7 Å². The van der Waals surface area contributed by atoms with Crippen LogP contribution in [0.25, 0.3) is 5.69 Å². The Kier molecular flexibility index (Phi) is 4.55. The predicted molar refractivity (Wildman–Crippen MR) is 93.1 cm³/mol. The fourth-order valence-electron chi connectivity index (χ4n) is 2.29. The summed E-state index contributed by atoms with van der Waals surface area (Å²) in [5, 5.41) is 20.1. The van der Waals surface area contributed by atoms with Crippen LogP contribution in [0, 0.1) is 24.0 Å². The summed E-state index contributed by atoms with van der Waals surface area (Å²) in [4.78, 5) is 11.0. The number of aromatic nitrogens is 3. The molecule has 0 aliphatic carbocycles. The molecule has 8 heteroatoms. The van der Waals surface area contributed by atoms with Crippen LogP contribution in [0.2, 0.25) is 5.02 Å². The number of nitrogens with zero attached hydrogens (tertiary/aromatic N) is 4. The average Bonchev–Trinajstić information content (AvgIpc) is 2.90. The second-order valence-electron chi connectivity index (χ2n) is 5.13. The molecule has 1 aromatic heterocycles. The smallest absolute Gasteiger partial charge is 0.270 e. The maximum atomic E-state index is 10.8. The number of non-ortho nitro benzene ring substituents is 1. The molecule has 0 aliphatic heterocycles. The summed E-state index contributed by atoms with van der Waals surface area (Å²) in [7, 11) is 0. The molecule has 0 N–H and O–H groups in total. The summed E-state index contributed by atoms with van der Waals surface area (Å²) in [6, 6.07) is 12.3. The molecule has 1 heterocycles. The lowest BCUT2D eigenvalue weighted by Gasteiger charge is -2.11. The van der Waals surface area contributed by atoms with Crippen LogP contribution in [0.1, 0.15) is 11.4 Å². The van der Waals surface area contributed by atoms with Gasteiger partial charge in [0.05, 0.1) is 15.6 Å². The maximum absolute atomic E-state index is 10.8. The Morgan fingerprint density at radius 3 is 2.58 bits per heavy atom. The number of benzene rings is 2. The van der Waals surface area contributed by atoms with Gasteiger partial charge >= 0.3 is 0 Å². The van der Waals surface area contributed by atoms with Crippen molar-refractivity contribution in [1.82, 2.24) is 14.8 Å². The van der Waals surface area contributed by atoms with Crippen molar-refractivity contribution in [3.8, 4) is 5.69 Å². The lowest BCUT2D eigenvalue weighted by atomic mass is 10.2. The van der Waals surface area contributed by atoms with E-state index in [2.05, 4.69) is 10.2 Å². The molecule has 2 aromatic carbocycles. The number of nitro groups is 1. The number of rotatable bonds is 4. The van der Waals surface area contributed by atoms with E-state index in [9.17, 15) is 10.1 Å². The summed E-state index contributed by atoms with van der Waals surface area (Å²) in [5.41, 5.74) is 2.04. The first-order valence-electron chi connectivity index (χ1n) is 7.07. The van der Waals surface area contributed by atoms with Crippen molar-refractivity contribution in [2.45, 2.75) is 23.9 Å². The van der Waals surface area contributed by atoms with Gasteiger partial charge in [-0.25, -0.2) is 0 Å². The van der Waals surface area contributed by atoms with E-state index < -0.39 is 4.92 Å². The maximum Gasteiger partial charge on any atom is 0.270 e. The second-order valence-corrected chi connectivity index (χ2v) is 6.54. The van der Waals surface area contributed by atoms with Gasteiger partial charge in [0.2, 0.25) is 5.16 Å². The van der Waals surface area contributed by atoms with E-state index in [1.54, 1.807) is 6.07 Å². The molecular weight excluding hydrogens is 348 g/mol. The highest BCUT2D eigenvalue weighted by Crippen LogP contribution is 2.36. The van der Waals surface area contributed by atoms with Gasteiger partial charge < -0.3 is 0 Å². The zero-order chi connectivity index (χ0) is 17.3. The number of halogens is 1. The van der Waals surface area contributed by atoms with Gasteiger partial charge in [-0.3, -0.25) is 14.7 Å². The molecule has 3 aromatic rings. The van der Waals surface area contributed by atoms with Crippen molar-refractivity contribution in [2.24, 2.45) is 0 Å². The third kappa shape index (κ3) is 3.13. The third-order valence-corrected chi connectivity index (χ3v) is 4.93. The van der Waals surface area contributed by atoms with E-state index in [1.165, 1.54) is 23.9 Å². The van der Waals surface area contributed by atoms with Crippen molar-refractivity contribution < 1.29 is 4.92 Å². The first kappa shape index (κ1) is 16.5. The van der Waals surface area contributed by atoms with Crippen LogP contribution >= 0.6 is 23.4 Å². The highest BCUT2D eigenvalue weighted by molar-refractivity contribution is 7.99. The number of para-hydroxylation sites is 1. The molecule has 3 rings (SSSR count). The quantitative estimate of drug-likeness (QED) is 0.502. The fourth-order valence-corrected chi connectivity index (χ4v) is 3.47. The normalized spacial score (nSPS) is 10.8. The molecule has 0 aliphatic rings. The zero-order valence-electron chi connectivity index (χ0n) is 12.9. The lowest BCUT2D eigenvalue weighted by molar-refractivity contribution is -0.384. The largest absolute Gasteiger partial charge is 0.274 e. The molecule has 0 saturated heterocycles. The molecule has 0 spiro atoms. The van der Waals surface area contributed by atoms with Crippen LogP contribution < -0.4 is 0 Å². The first-order valence-corrected chi connectivity index (χ1v) is 8.26. The van der Waals surface area contributed by atoms with Crippen LogP contribution in [0.4, 0.5) is 5.69 Å². The van der Waals surface area contributed by atoms with Gasteiger partial charge in [0.25, 0.3) is 5.69 Å². The molecule has 6 nitrogen and oxygen atoms in total. The van der Waals surface area contributed by atoms with Crippen LogP contribution in [-0.2, 0) is 0 Å². The molecule has 0 radical (unpaired) electrons. The molecule has 0 fully saturated rings. The summed E-state index contributed by atoms with van der Waals surface area (Å²) in [6.07, 6.45) is 0. The summed E-state index contributed by atoms with van der Waals surface area (Å²) in [6.45, 7) is 3.89. The topological polar surface area (TPSA) is 73.8 Å². The standard InChI is InChI=1S/C16H13ClN4O2S/c1-10-5-3-4-6-14(10)20-11(2)18-19-16(20)24-15-8-7-12(21(22)23)9-13(15)17/h3-9H,1-2H3.